The first-order chi connectivity index (χ1) is 5.56. The molecule has 0 spiro atoms. The number of hydrogen-bond donors (Lipinski definition) is 2. The van der Waals surface area contributed by atoms with Crippen LogP contribution in [0.3, 0.4) is 0 Å². The molecule has 0 aliphatic rings. The third-order valence-corrected chi connectivity index (χ3v) is 1.92. The number of nitrogens with zero attached hydrogens (tertiary/aromatic N) is 1. The standard InChI is InChI=1S/C9H21NO2/c1-4-8(11)7-9(12)5-6-10(2)3/h8-9,11-12H,4-7H2,1-3H3. The van der Waals surface area contributed by atoms with Crippen molar-refractivity contribution >= 4 is 0 Å². The zero-order valence-corrected chi connectivity index (χ0v) is 8.32. The fourth-order valence-electron chi connectivity index (χ4n) is 1.01. The fourth-order valence-corrected chi connectivity index (χ4v) is 1.01. The van der Waals surface area contributed by atoms with Gasteiger partial charge in [0, 0.05) is 0 Å². The van der Waals surface area contributed by atoms with Crippen molar-refractivity contribution in [1.29, 1.82) is 0 Å². The first-order valence-electron chi connectivity index (χ1n) is 4.57. The molecule has 0 saturated heterocycles. The van der Waals surface area contributed by atoms with Crippen molar-refractivity contribution in [3.63, 3.8) is 0 Å². The Hall–Kier alpha value is -0.120. The summed E-state index contributed by atoms with van der Waals surface area (Å²) in [5, 5.41) is 18.6. The van der Waals surface area contributed by atoms with E-state index in [-0.39, 0.29) is 12.2 Å². The third kappa shape index (κ3) is 6.58. The minimum atomic E-state index is -0.359. The summed E-state index contributed by atoms with van der Waals surface area (Å²) in [5.41, 5.74) is 0. The molecule has 74 valence electrons. The molecule has 0 rings (SSSR count). The molecule has 12 heavy (non-hydrogen) atoms. The molecule has 0 aliphatic carbocycles. The summed E-state index contributed by atoms with van der Waals surface area (Å²) in [4.78, 5) is 2.03. The number of rotatable bonds is 6. The Bertz CT molecular complexity index is 107. The van der Waals surface area contributed by atoms with Gasteiger partial charge in [-0.3, -0.25) is 0 Å². The van der Waals surface area contributed by atoms with Crippen LogP contribution in [-0.2, 0) is 0 Å². The zero-order valence-electron chi connectivity index (χ0n) is 8.32. The molecular formula is C9H21NO2. The molecule has 0 bridgehead atoms. The lowest BCUT2D eigenvalue weighted by atomic mass is 10.1. The van der Waals surface area contributed by atoms with Crippen LogP contribution < -0.4 is 0 Å². The van der Waals surface area contributed by atoms with E-state index in [2.05, 4.69) is 0 Å². The van der Waals surface area contributed by atoms with Gasteiger partial charge in [-0.15, -0.1) is 0 Å². The van der Waals surface area contributed by atoms with Crippen LogP contribution in [-0.4, -0.2) is 48.0 Å². The molecule has 3 heteroatoms. The fraction of sp³-hybridized carbons (Fsp3) is 1.00. The van der Waals surface area contributed by atoms with Crippen molar-refractivity contribution in [3.05, 3.63) is 0 Å². The van der Waals surface area contributed by atoms with E-state index in [4.69, 9.17) is 0 Å². The lowest BCUT2D eigenvalue weighted by Gasteiger charge is -2.16. The first-order valence-corrected chi connectivity index (χ1v) is 4.57. The maximum absolute atomic E-state index is 9.41. The van der Waals surface area contributed by atoms with Crippen LogP contribution in [0.25, 0.3) is 0 Å². The van der Waals surface area contributed by atoms with Crippen molar-refractivity contribution in [1.82, 2.24) is 4.90 Å². The largest absolute Gasteiger partial charge is 0.393 e. The molecule has 2 atom stereocenters. The monoisotopic (exact) mass is 175 g/mol. The molecule has 0 aromatic heterocycles. The predicted molar refractivity (Wildman–Crippen MR) is 50.1 cm³/mol. The average molecular weight is 175 g/mol. The molecule has 0 aromatic carbocycles. The lowest BCUT2D eigenvalue weighted by Crippen LogP contribution is -2.22. The molecule has 2 unspecified atom stereocenters. The van der Waals surface area contributed by atoms with Gasteiger partial charge >= 0.3 is 0 Å². The normalized spacial score (nSPS) is 16.5. The number of aliphatic hydroxyl groups excluding tert-OH is 2. The van der Waals surface area contributed by atoms with Crippen LogP contribution >= 0.6 is 0 Å². The molecular weight excluding hydrogens is 154 g/mol. The van der Waals surface area contributed by atoms with E-state index in [1.165, 1.54) is 0 Å². The Morgan fingerprint density at radius 1 is 1.17 bits per heavy atom. The Morgan fingerprint density at radius 3 is 2.17 bits per heavy atom. The number of hydrogen-bond acceptors (Lipinski definition) is 3. The summed E-state index contributed by atoms with van der Waals surface area (Å²) >= 11 is 0. The highest BCUT2D eigenvalue weighted by atomic mass is 16.3. The minimum Gasteiger partial charge on any atom is -0.393 e. The quantitative estimate of drug-likeness (QED) is 0.616. The molecule has 0 aromatic rings. The summed E-state index contributed by atoms with van der Waals surface area (Å²) in [6, 6.07) is 0. The second kappa shape index (κ2) is 6.40. The van der Waals surface area contributed by atoms with Crippen LogP contribution in [0.2, 0.25) is 0 Å². The maximum Gasteiger partial charge on any atom is 0.0577 e. The van der Waals surface area contributed by atoms with Crippen LogP contribution in [0.5, 0.6) is 0 Å². The van der Waals surface area contributed by atoms with Crippen molar-refractivity contribution in [2.45, 2.75) is 38.4 Å². The van der Waals surface area contributed by atoms with E-state index >= 15 is 0 Å². The van der Waals surface area contributed by atoms with Gasteiger partial charge in [-0.1, -0.05) is 6.92 Å². The van der Waals surface area contributed by atoms with E-state index in [1.807, 2.05) is 25.9 Å². The Morgan fingerprint density at radius 2 is 1.75 bits per heavy atom. The topological polar surface area (TPSA) is 43.7 Å². The average Bonchev–Trinajstić information content (AvgIpc) is 2.00. The number of aliphatic hydroxyl groups is 2. The van der Waals surface area contributed by atoms with Gasteiger partial charge in [0.1, 0.15) is 0 Å². The molecule has 0 saturated carbocycles. The van der Waals surface area contributed by atoms with Gasteiger partial charge in [-0.05, 0) is 39.9 Å². The zero-order chi connectivity index (χ0) is 9.56. The summed E-state index contributed by atoms with van der Waals surface area (Å²) in [5.74, 6) is 0. The summed E-state index contributed by atoms with van der Waals surface area (Å²) in [6.07, 6.45) is 1.26. The highest BCUT2D eigenvalue weighted by Gasteiger charge is 2.09. The van der Waals surface area contributed by atoms with Gasteiger partial charge in [0.15, 0.2) is 0 Å². The minimum absolute atomic E-state index is 0.345. The van der Waals surface area contributed by atoms with Crippen molar-refractivity contribution < 1.29 is 10.2 Å². The van der Waals surface area contributed by atoms with Gasteiger partial charge in [0.2, 0.25) is 0 Å². The van der Waals surface area contributed by atoms with Gasteiger partial charge in [0.05, 0.1) is 12.2 Å². The predicted octanol–water partition coefficient (Wildman–Crippen LogP) is 0.460. The third-order valence-electron chi connectivity index (χ3n) is 1.92. The molecule has 0 aliphatic heterocycles. The van der Waals surface area contributed by atoms with Crippen molar-refractivity contribution in [2.75, 3.05) is 20.6 Å². The van der Waals surface area contributed by atoms with Crippen LogP contribution in [0.4, 0.5) is 0 Å². The summed E-state index contributed by atoms with van der Waals surface area (Å²) in [6.45, 7) is 2.79. The first kappa shape index (κ1) is 11.9. The molecule has 3 nitrogen and oxygen atoms in total. The Labute approximate surface area is 75.0 Å². The Kier molecular flexibility index (Phi) is 6.34. The molecule has 0 heterocycles. The molecule has 0 radical (unpaired) electrons. The second-order valence-corrected chi connectivity index (χ2v) is 3.54. The van der Waals surface area contributed by atoms with E-state index in [1.54, 1.807) is 0 Å². The van der Waals surface area contributed by atoms with E-state index in [9.17, 15) is 10.2 Å². The molecule has 0 amide bonds. The molecule has 0 fully saturated rings. The summed E-state index contributed by atoms with van der Waals surface area (Å²) in [7, 11) is 3.95. The van der Waals surface area contributed by atoms with E-state index < -0.39 is 0 Å². The van der Waals surface area contributed by atoms with Gasteiger partial charge in [0.25, 0.3) is 0 Å². The van der Waals surface area contributed by atoms with Crippen LogP contribution in [0.1, 0.15) is 26.2 Å². The van der Waals surface area contributed by atoms with Crippen molar-refractivity contribution in [2.24, 2.45) is 0 Å². The van der Waals surface area contributed by atoms with Crippen LogP contribution in [0, 0.1) is 0 Å². The van der Waals surface area contributed by atoms with Gasteiger partial charge in [-0.2, -0.15) is 0 Å². The maximum atomic E-state index is 9.41. The second-order valence-electron chi connectivity index (χ2n) is 3.54. The van der Waals surface area contributed by atoms with E-state index in [0.717, 1.165) is 19.4 Å². The van der Waals surface area contributed by atoms with Gasteiger partial charge in [-0.25, -0.2) is 0 Å². The Balaban J connectivity index is 3.39. The SMILES string of the molecule is CCC(O)CC(O)CCN(C)C. The van der Waals surface area contributed by atoms with E-state index in [0.29, 0.717) is 6.42 Å². The smallest absolute Gasteiger partial charge is 0.0577 e. The van der Waals surface area contributed by atoms with Crippen LogP contribution in [0.15, 0.2) is 0 Å². The highest BCUT2D eigenvalue weighted by molar-refractivity contribution is 4.63. The van der Waals surface area contributed by atoms with Crippen molar-refractivity contribution in [3.8, 4) is 0 Å². The lowest BCUT2D eigenvalue weighted by molar-refractivity contribution is 0.0695. The summed E-state index contributed by atoms with van der Waals surface area (Å²) < 4.78 is 0. The molecule has 2 N–H and O–H groups in total. The van der Waals surface area contributed by atoms with Gasteiger partial charge < -0.3 is 15.1 Å². The highest BCUT2D eigenvalue weighted by Crippen LogP contribution is 2.05.